The Labute approximate surface area is 120 Å². The maximum absolute atomic E-state index is 2.43. The van der Waals surface area contributed by atoms with Gasteiger partial charge in [-0.2, -0.15) is 4.57 Å². The third kappa shape index (κ3) is 2.32. The first-order valence-corrected chi connectivity index (χ1v) is 7.24. The zero-order chi connectivity index (χ0) is 13.9. The molecule has 0 aliphatic carbocycles. The van der Waals surface area contributed by atoms with Crippen molar-refractivity contribution in [3.63, 3.8) is 0 Å². The summed E-state index contributed by atoms with van der Waals surface area (Å²) in [5.41, 5.74) is 4.11. The van der Waals surface area contributed by atoms with E-state index in [1.165, 1.54) is 27.7 Å². The van der Waals surface area contributed by atoms with Crippen molar-refractivity contribution in [2.75, 3.05) is 0 Å². The van der Waals surface area contributed by atoms with Gasteiger partial charge in [-0.15, -0.1) is 0 Å². The maximum Gasteiger partial charge on any atom is 0.186 e. The van der Waals surface area contributed by atoms with Crippen LogP contribution in [0.4, 0.5) is 0 Å². The van der Waals surface area contributed by atoms with Crippen LogP contribution in [0.2, 0.25) is 0 Å². The van der Waals surface area contributed by atoms with Crippen LogP contribution in [-0.4, -0.2) is 0 Å². The van der Waals surface area contributed by atoms with Crippen molar-refractivity contribution in [2.24, 2.45) is 0 Å². The predicted molar refractivity (Wildman–Crippen MR) is 83.8 cm³/mol. The zero-order valence-electron chi connectivity index (χ0n) is 12.1. The van der Waals surface area contributed by atoms with E-state index in [0.717, 1.165) is 13.0 Å². The maximum atomic E-state index is 2.43. The van der Waals surface area contributed by atoms with Crippen LogP contribution in [0, 0.1) is 6.92 Å². The molecule has 0 atom stereocenters. The third-order valence-corrected chi connectivity index (χ3v) is 3.97. The molecule has 3 aromatic rings. The molecule has 1 heteroatoms. The number of pyridine rings is 1. The minimum atomic E-state index is 0.986. The second-order valence-corrected chi connectivity index (χ2v) is 5.21. The average Bonchev–Trinajstić information content (AvgIpc) is 2.49. The summed E-state index contributed by atoms with van der Waals surface area (Å²) in [6, 6.07) is 21.7. The molecular formula is C19H20N+. The number of fused-ring (bicyclic) bond motifs is 1. The third-order valence-electron chi connectivity index (χ3n) is 3.97. The number of hydrogen-bond acceptors (Lipinski definition) is 0. The van der Waals surface area contributed by atoms with Crippen LogP contribution in [0.3, 0.4) is 0 Å². The molecule has 100 valence electrons. The Balaban J connectivity index is 2.14. The van der Waals surface area contributed by atoms with Gasteiger partial charge >= 0.3 is 0 Å². The molecule has 0 bridgehead atoms. The second kappa shape index (κ2) is 5.46. The molecule has 0 fully saturated rings. The van der Waals surface area contributed by atoms with Crippen LogP contribution in [-0.2, 0) is 13.0 Å². The van der Waals surface area contributed by atoms with E-state index in [9.17, 15) is 0 Å². The lowest BCUT2D eigenvalue weighted by molar-refractivity contribution is -0.704. The van der Waals surface area contributed by atoms with Gasteiger partial charge in [-0.05, 0) is 23.9 Å². The summed E-state index contributed by atoms with van der Waals surface area (Å²) >= 11 is 0. The summed E-state index contributed by atoms with van der Waals surface area (Å²) in [6.07, 6.45) is 0.986. The van der Waals surface area contributed by atoms with E-state index in [2.05, 4.69) is 79.1 Å². The lowest BCUT2D eigenvalue weighted by Gasteiger charge is -2.09. The van der Waals surface area contributed by atoms with E-state index in [-0.39, 0.29) is 0 Å². The van der Waals surface area contributed by atoms with Crippen molar-refractivity contribution in [1.29, 1.82) is 0 Å². The van der Waals surface area contributed by atoms with Crippen LogP contribution in [0.5, 0.6) is 0 Å². The molecule has 2 aromatic carbocycles. The van der Waals surface area contributed by atoms with Crippen molar-refractivity contribution < 1.29 is 4.57 Å². The van der Waals surface area contributed by atoms with Crippen molar-refractivity contribution >= 4 is 10.8 Å². The van der Waals surface area contributed by atoms with E-state index < -0.39 is 0 Å². The van der Waals surface area contributed by atoms with Gasteiger partial charge in [0.05, 0.1) is 6.42 Å². The first kappa shape index (κ1) is 12.9. The van der Waals surface area contributed by atoms with Gasteiger partial charge in [0.15, 0.2) is 11.4 Å². The van der Waals surface area contributed by atoms with Crippen LogP contribution in [0.1, 0.15) is 23.9 Å². The van der Waals surface area contributed by atoms with Gasteiger partial charge in [0, 0.05) is 18.4 Å². The molecule has 0 saturated carbocycles. The van der Waals surface area contributed by atoms with Gasteiger partial charge in [-0.25, -0.2) is 0 Å². The van der Waals surface area contributed by atoms with Crippen LogP contribution in [0.25, 0.3) is 10.8 Å². The number of hydrogen-bond donors (Lipinski definition) is 0. The first-order chi connectivity index (χ1) is 9.79. The molecule has 0 N–H and O–H groups in total. The smallest absolute Gasteiger partial charge is 0.186 e. The minimum Gasteiger partial charge on any atom is -0.199 e. The summed E-state index contributed by atoms with van der Waals surface area (Å²) in [4.78, 5) is 0. The molecule has 0 radical (unpaired) electrons. The van der Waals surface area contributed by atoms with Gasteiger partial charge in [0.25, 0.3) is 0 Å². The van der Waals surface area contributed by atoms with E-state index in [4.69, 9.17) is 0 Å². The van der Waals surface area contributed by atoms with Gasteiger partial charge in [-0.3, -0.25) is 0 Å². The Bertz CT molecular complexity index is 729. The number of aryl methyl sites for hydroxylation is 1. The number of aromatic nitrogens is 1. The standard InChI is InChI=1S/C19H20N/c1-3-20-15(2)19-12-8-7-11-17(19)14-18(20)13-16-9-5-4-6-10-16/h4-12,14H,3,13H2,1-2H3/q+1. The summed E-state index contributed by atoms with van der Waals surface area (Å²) in [7, 11) is 0. The molecule has 1 heterocycles. The molecule has 0 aliphatic rings. The Morgan fingerprint density at radius 3 is 2.35 bits per heavy atom. The van der Waals surface area contributed by atoms with Crippen LogP contribution < -0.4 is 4.57 Å². The van der Waals surface area contributed by atoms with E-state index in [1.54, 1.807) is 0 Å². The van der Waals surface area contributed by atoms with Crippen molar-refractivity contribution in [1.82, 2.24) is 0 Å². The monoisotopic (exact) mass is 262 g/mol. The molecule has 0 saturated heterocycles. The first-order valence-electron chi connectivity index (χ1n) is 7.24. The highest BCUT2D eigenvalue weighted by atomic mass is 15.0. The molecule has 3 rings (SSSR count). The van der Waals surface area contributed by atoms with Crippen molar-refractivity contribution in [3.8, 4) is 0 Å². The molecule has 0 aliphatic heterocycles. The Hall–Kier alpha value is -2.15. The SMILES string of the molecule is CC[n+]1c(Cc2ccccc2)cc2ccccc2c1C. The highest BCUT2D eigenvalue weighted by molar-refractivity contribution is 5.83. The van der Waals surface area contributed by atoms with Crippen molar-refractivity contribution in [2.45, 2.75) is 26.8 Å². The highest BCUT2D eigenvalue weighted by Gasteiger charge is 2.16. The summed E-state index contributed by atoms with van der Waals surface area (Å²) < 4.78 is 2.43. The van der Waals surface area contributed by atoms with Gasteiger partial charge in [-0.1, -0.05) is 48.5 Å². The normalized spacial score (nSPS) is 10.9. The molecule has 0 spiro atoms. The summed E-state index contributed by atoms with van der Waals surface area (Å²) in [6.45, 7) is 5.45. The molecule has 20 heavy (non-hydrogen) atoms. The lowest BCUT2D eigenvalue weighted by atomic mass is 10.0. The van der Waals surface area contributed by atoms with E-state index in [1.807, 2.05) is 0 Å². The zero-order valence-corrected chi connectivity index (χ0v) is 12.1. The highest BCUT2D eigenvalue weighted by Crippen LogP contribution is 2.18. The molecule has 0 unspecified atom stereocenters. The second-order valence-electron chi connectivity index (χ2n) is 5.21. The largest absolute Gasteiger partial charge is 0.199 e. The van der Waals surface area contributed by atoms with Gasteiger partial charge in [0.1, 0.15) is 6.54 Å². The minimum absolute atomic E-state index is 0.986. The van der Waals surface area contributed by atoms with Crippen LogP contribution in [0.15, 0.2) is 60.7 Å². The Kier molecular flexibility index (Phi) is 3.51. The quantitative estimate of drug-likeness (QED) is 0.627. The van der Waals surface area contributed by atoms with E-state index >= 15 is 0 Å². The number of nitrogens with zero attached hydrogens (tertiary/aromatic N) is 1. The average molecular weight is 262 g/mol. The fourth-order valence-corrected chi connectivity index (χ4v) is 2.96. The van der Waals surface area contributed by atoms with E-state index in [0.29, 0.717) is 0 Å². The fraction of sp³-hybridized carbons (Fsp3) is 0.211. The molecular weight excluding hydrogens is 242 g/mol. The summed E-state index contributed by atoms with van der Waals surface area (Å²) in [5, 5.41) is 2.69. The molecule has 1 aromatic heterocycles. The molecule has 0 amide bonds. The molecule has 1 nitrogen and oxygen atoms in total. The van der Waals surface area contributed by atoms with Crippen LogP contribution >= 0.6 is 0 Å². The Morgan fingerprint density at radius 2 is 1.60 bits per heavy atom. The lowest BCUT2D eigenvalue weighted by Crippen LogP contribution is -2.40. The number of benzene rings is 2. The summed E-state index contributed by atoms with van der Waals surface area (Å²) in [5.74, 6) is 0. The number of rotatable bonds is 3. The predicted octanol–water partition coefficient (Wildman–Crippen LogP) is 4.05. The fourth-order valence-electron chi connectivity index (χ4n) is 2.96. The van der Waals surface area contributed by atoms with Gasteiger partial charge in [0.2, 0.25) is 0 Å². The van der Waals surface area contributed by atoms with Crippen molar-refractivity contribution in [3.05, 3.63) is 77.6 Å². The van der Waals surface area contributed by atoms with Gasteiger partial charge < -0.3 is 0 Å². The topological polar surface area (TPSA) is 3.88 Å². The Morgan fingerprint density at radius 1 is 0.900 bits per heavy atom.